The average Bonchev–Trinajstić information content (AvgIpc) is 3.14. The highest BCUT2D eigenvalue weighted by atomic mass is 19.1. The highest BCUT2D eigenvalue weighted by Crippen LogP contribution is 2.13. The van der Waals surface area contributed by atoms with Crippen LogP contribution in [0.25, 0.3) is 0 Å². The van der Waals surface area contributed by atoms with Gasteiger partial charge >= 0.3 is 0 Å². The van der Waals surface area contributed by atoms with Crippen molar-refractivity contribution in [1.29, 1.82) is 0 Å². The van der Waals surface area contributed by atoms with E-state index < -0.39 is 0 Å². The normalized spacial score (nSPS) is 16.5. The molecule has 1 aromatic carbocycles. The van der Waals surface area contributed by atoms with E-state index in [0.29, 0.717) is 42.4 Å². The largest absolute Gasteiger partial charge is 0.376 e. The summed E-state index contributed by atoms with van der Waals surface area (Å²) >= 11 is 0. The lowest BCUT2D eigenvalue weighted by Crippen LogP contribution is -2.27. The molecule has 0 spiro atoms. The first kappa shape index (κ1) is 18.3. The van der Waals surface area contributed by atoms with Crippen LogP contribution in [0.1, 0.15) is 34.6 Å². The topological polar surface area (TPSA) is 76.1 Å². The number of ether oxygens (including phenoxy) is 1. The van der Waals surface area contributed by atoms with Gasteiger partial charge in [-0.25, -0.2) is 14.4 Å². The van der Waals surface area contributed by atoms with Crippen LogP contribution < -0.4 is 10.6 Å². The number of halogens is 1. The lowest BCUT2D eigenvalue weighted by Gasteiger charge is -2.12. The molecule has 2 heterocycles. The quantitative estimate of drug-likeness (QED) is 0.795. The number of aromatic nitrogens is 2. The van der Waals surface area contributed by atoms with Crippen molar-refractivity contribution in [2.24, 2.45) is 0 Å². The van der Waals surface area contributed by atoms with Crippen LogP contribution in [0, 0.1) is 12.7 Å². The molecule has 1 unspecified atom stereocenters. The zero-order chi connectivity index (χ0) is 18.4. The maximum atomic E-state index is 13.6. The Balaban J connectivity index is 1.55. The molecule has 2 N–H and O–H groups in total. The molecule has 0 bridgehead atoms. The van der Waals surface area contributed by atoms with E-state index in [1.54, 1.807) is 24.3 Å². The predicted molar refractivity (Wildman–Crippen MR) is 96.7 cm³/mol. The Kier molecular flexibility index (Phi) is 6.12. The van der Waals surface area contributed by atoms with Crippen LogP contribution in [0.5, 0.6) is 0 Å². The van der Waals surface area contributed by atoms with E-state index in [1.165, 1.54) is 6.07 Å². The fraction of sp³-hybridized carbons (Fsp3) is 0.421. The first-order valence-electron chi connectivity index (χ1n) is 8.84. The number of anilines is 1. The zero-order valence-electron chi connectivity index (χ0n) is 14.8. The van der Waals surface area contributed by atoms with E-state index in [4.69, 9.17) is 4.74 Å². The Morgan fingerprint density at radius 1 is 1.35 bits per heavy atom. The standard InChI is InChI=1S/C19H23FN4O2/c1-13-11-17(24-19(23-13)22-12-15-6-4-10-26-15)18(25)21-9-8-14-5-2-3-7-16(14)20/h2-3,5,7,11,15H,4,6,8-10,12H2,1H3,(H,21,25)(H,22,23,24). The molecule has 1 aliphatic heterocycles. The van der Waals surface area contributed by atoms with E-state index in [-0.39, 0.29) is 17.8 Å². The number of nitrogens with zero attached hydrogens (tertiary/aromatic N) is 2. The molecule has 1 saturated heterocycles. The Morgan fingerprint density at radius 2 is 2.19 bits per heavy atom. The van der Waals surface area contributed by atoms with Gasteiger partial charge in [0.15, 0.2) is 0 Å². The number of aryl methyl sites for hydroxylation is 1. The van der Waals surface area contributed by atoms with Gasteiger partial charge in [0.25, 0.3) is 5.91 Å². The Hall–Kier alpha value is -2.54. The van der Waals surface area contributed by atoms with Crippen LogP contribution in [-0.2, 0) is 11.2 Å². The second-order valence-electron chi connectivity index (χ2n) is 6.33. The summed E-state index contributed by atoms with van der Waals surface area (Å²) in [6.07, 6.45) is 2.67. The highest BCUT2D eigenvalue weighted by molar-refractivity contribution is 5.92. The van der Waals surface area contributed by atoms with Crippen LogP contribution in [0.4, 0.5) is 10.3 Å². The molecule has 6 nitrogen and oxygen atoms in total. The molecule has 7 heteroatoms. The van der Waals surface area contributed by atoms with Crippen molar-refractivity contribution in [2.75, 3.05) is 25.0 Å². The predicted octanol–water partition coefficient (Wildman–Crippen LogP) is 2.49. The first-order chi connectivity index (χ1) is 12.6. The van der Waals surface area contributed by atoms with Crippen molar-refractivity contribution in [2.45, 2.75) is 32.3 Å². The molecular weight excluding hydrogens is 335 g/mol. The van der Waals surface area contributed by atoms with Gasteiger partial charge in [0, 0.05) is 25.4 Å². The third-order valence-corrected chi connectivity index (χ3v) is 4.24. The number of rotatable bonds is 7. The van der Waals surface area contributed by atoms with Crippen molar-refractivity contribution in [3.05, 3.63) is 53.1 Å². The molecular formula is C19H23FN4O2. The molecule has 1 aromatic heterocycles. The Labute approximate surface area is 152 Å². The monoisotopic (exact) mass is 358 g/mol. The van der Waals surface area contributed by atoms with Crippen molar-refractivity contribution in [3.8, 4) is 0 Å². The van der Waals surface area contributed by atoms with Gasteiger partial charge in [0.2, 0.25) is 5.95 Å². The fourth-order valence-electron chi connectivity index (χ4n) is 2.88. The minimum Gasteiger partial charge on any atom is -0.376 e. The zero-order valence-corrected chi connectivity index (χ0v) is 14.8. The molecule has 1 amide bonds. The van der Waals surface area contributed by atoms with Crippen molar-refractivity contribution in [3.63, 3.8) is 0 Å². The third-order valence-electron chi connectivity index (χ3n) is 4.24. The van der Waals surface area contributed by atoms with Crippen LogP contribution in [-0.4, -0.2) is 41.7 Å². The van der Waals surface area contributed by atoms with Crippen LogP contribution in [0.2, 0.25) is 0 Å². The van der Waals surface area contributed by atoms with Crippen molar-refractivity contribution < 1.29 is 13.9 Å². The summed E-state index contributed by atoms with van der Waals surface area (Å²) in [7, 11) is 0. The van der Waals surface area contributed by atoms with Gasteiger partial charge in [-0.15, -0.1) is 0 Å². The summed E-state index contributed by atoms with van der Waals surface area (Å²) in [5, 5.41) is 5.91. The Morgan fingerprint density at radius 3 is 2.96 bits per heavy atom. The van der Waals surface area contributed by atoms with Crippen LogP contribution in [0.3, 0.4) is 0 Å². The summed E-state index contributed by atoms with van der Waals surface area (Å²) in [6.45, 7) is 3.56. The van der Waals surface area contributed by atoms with Gasteiger partial charge in [0.05, 0.1) is 6.10 Å². The molecule has 26 heavy (non-hydrogen) atoms. The minimum atomic E-state index is -0.299. The molecule has 0 aliphatic carbocycles. The molecule has 3 rings (SSSR count). The number of amides is 1. The van der Waals surface area contributed by atoms with E-state index in [1.807, 2.05) is 6.92 Å². The summed E-state index contributed by atoms with van der Waals surface area (Å²) in [5.41, 5.74) is 1.57. The lowest BCUT2D eigenvalue weighted by molar-refractivity contribution is 0.0949. The van der Waals surface area contributed by atoms with Crippen LogP contribution in [0.15, 0.2) is 30.3 Å². The number of carbonyl (C=O) groups is 1. The Bertz CT molecular complexity index is 763. The average molecular weight is 358 g/mol. The minimum absolute atomic E-state index is 0.164. The number of nitrogens with one attached hydrogen (secondary N) is 2. The molecule has 1 aliphatic rings. The molecule has 138 valence electrons. The van der Waals surface area contributed by atoms with Crippen molar-refractivity contribution >= 4 is 11.9 Å². The van der Waals surface area contributed by atoms with Crippen LogP contribution >= 0.6 is 0 Å². The second-order valence-corrected chi connectivity index (χ2v) is 6.33. The van der Waals surface area contributed by atoms with Gasteiger partial charge in [0.1, 0.15) is 11.5 Å². The maximum absolute atomic E-state index is 13.6. The molecule has 2 aromatic rings. The van der Waals surface area contributed by atoms with Crippen molar-refractivity contribution in [1.82, 2.24) is 15.3 Å². The van der Waals surface area contributed by atoms with Gasteiger partial charge < -0.3 is 15.4 Å². The summed E-state index contributed by atoms with van der Waals surface area (Å²) in [5.74, 6) is -0.146. The molecule has 1 atom stereocenters. The summed E-state index contributed by atoms with van der Waals surface area (Å²) in [6, 6.07) is 8.18. The van der Waals surface area contributed by atoms with E-state index >= 15 is 0 Å². The number of hydrogen-bond donors (Lipinski definition) is 2. The van der Waals surface area contributed by atoms with E-state index in [2.05, 4.69) is 20.6 Å². The van der Waals surface area contributed by atoms with Gasteiger partial charge in [-0.1, -0.05) is 18.2 Å². The number of carbonyl (C=O) groups excluding carboxylic acids is 1. The van der Waals surface area contributed by atoms with E-state index in [9.17, 15) is 9.18 Å². The number of hydrogen-bond acceptors (Lipinski definition) is 5. The first-order valence-corrected chi connectivity index (χ1v) is 8.84. The highest BCUT2D eigenvalue weighted by Gasteiger charge is 2.16. The second kappa shape index (κ2) is 8.71. The summed E-state index contributed by atoms with van der Waals surface area (Å²) in [4.78, 5) is 20.9. The number of benzene rings is 1. The van der Waals surface area contributed by atoms with Gasteiger partial charge in [-0.2, -0.15) is 0 Å². The molecule has 0 radical (unpaired) electrons. The summed E-state index contributed by atoms with van der Waals surface area (Å²) < 4.78 is 19.2. The third kappa shape index (κ3) is 4.98. The SMILES string of the molecule is Cc1cc(C(=O)NCCc2ccccc2F)nc(NCC2CCCO2)n1. The molecule has 0 saturated carbocycles. The molecule has 1 fully saturated rings. The van der Waals surface area contributed by atoms with Gasteiger partial charge in [-0.3, -0.25) is 4.79 Å². The van der Waals surface area contributed by atoms with E-state index in [0.717, 1.165) is 19.4 Å². The smallest absolute Gasteiger partial charge is 0.270 e. The van der Waals surface area contributed by atoms with Gasteiger partial charge in [-0.05, 0) is 43.9 Å². The lowest BCUT2D eigenvalue weighted by atomic mass is 10.1. The fourth-order valence-corrected chi connectivity index (χ4v) is 2.88. The maximum Gasteiger partial charge on any atom is 0.270 e.